The molecular weight excluding hydrogens is 233 g/mol. The molecule has 0 radical (unpaired) electrons. The van der Waals surface area contributed by atoms with E-state index in [1.54, 1.807) is 6.07 Å². The highest BCUT2D eigenvalue weighted by Gasteiger charge is 2.25. The Balaban J connectivity index is 2.78. The smallest absolute Gasteiger partial charge is 0.146 e. The molecule has 1 atom stereocenters. The molecule has 0 spiro atoms. The van der Waals surface area contributed by atoms with Crippen LogP contribution in [0.4, 0.5) is 10.1 Å². The number of anilines is 1. The Labute approximate surface area is 109 Å². The molecule has 1 aromatic carbocycles. The largest absolute Gasteiger partial charge is 0.372 e. The molecule has 0 heterocycles. The minimum atomic E-state index is -0.165. The van der Waals surface area contributed by atoms with E-state index in [2.05, 4.69) is 33.4 Å². The number of thiol groups is 1. The molecule has 3 heteroatoms. The Hall–Kier alpha value is -0.700. The predicted octanol–water partition coefficient (Wildman–Crippen LogP) is 3.85. The molecule has 0 aliphatic heterocycles. The van der Waals surface area contributed by atoms with Crippen LogP contribution >= 0.6 is 12.6 Å². The highest BCUT2D eigenvalue weighted by Crippen LogP contribution is 2.29. The molecule has 0 saturated heterocycles. The van der Waals surface area contributed by atoms with Crippen molar-refractivity contribution < 1.29 is 4.39 Å². The van der Waals surface area contributed by atoms with E-state index in [4.69, 9.17) is 0 Å². The van der Waals surface area contributed by atoms with Gasteiger partial charge in [-0.3, -0.25) is 0 Å². The van der Waals surface area contributed by atoms with Crippen molar-refractivity contribution in [3.8, 4) is 0 Å². The number of nitrogens with zero attached hydrogens (tertiary/aromatic N) is 1. The Morgan fingerprint density at radius 2 is 1.88 bits per heavy atom. The zero-order valence-electron chi connectivity index (χ0n) is 11.1. The van der Waals surface area contributed by atoms with E-state index in [0.717, 1.165) is 12.3 Å². The third kappa shape index (κ3) is 3.91. The third-order valence-electron chi connectivity index (χ3n) is 3.20. The molecule has 0 amide bonds. The Bertz CT molecular complexity index is 359. The van der Waals surface area contributed by atoms with Gasteiger partial charge in [0, 0.05) is 13.6 Å². The number of hydrogen-bond acceptors (Lipinski definition) is 2. The minimum absolute atomic E-state index is 0.165. The van der Waals surface area contributed by atoms with E-state index in [0.29, 0.717) is 11.6 Å². The van der Waals surface area contributed by atoms with Gasteiger partial charge in [-0.1, -0.05) is 32.9 Å². The highest BCUT2D eigenvalue weighted by molar-refractivity contribution is 7.80. The molecule has 0 aromatic heterocycles. The van der Waals surface area contributed by atoms with Crippen LogP contribution in [0.2, 0.25) is 0 Å². The van der Waals surface area contributed by atoms with E-state index in [1.165, 1.54) is 6.07 Å². The first-order valence-electron chi connectivity index (χ1n) is 5.92. The molecule has 0 N–H and O–H groups in total. The summed E-state index contributed by atoms with van der Waals surface area (Å²) >= 11 is 4.40. The van der Waals surface area contributed by atoms with Crippen LogP contribution in [-0.2, 0) is 0 Å². The monoisotopic (exact) mass is 255 g/mol. The van der Waals surface area contributed by atoms with Gasteiger partial charge in [-0.2, -0.15) is 12.6 Å². The minimum Gasteiger partial charge on any atom is -0.372 e. The maximum atomic E-state index is 13.6. The van der Waals surface area contributed by atoms with Crippen molar-refractivity contribution in [2.24, 2.45) is 11.3 Å². The van der Waals surface area contributed by atoms with E-state index < -0.39 is 0 Å². The van der Waals surface area contributed by atoms with Crippen LogP contribution in [0, 0.1) is 17.2 Å². The second-order valence-corrected chi connectivity index (χ2v) is 5.94. The van der Waals surface area contributed by atoms with Gasteiger partial charge in [-0.15, -0.1) is 0 Å². The average molecular weight is 255 g/mol. The molecular formula is C14H22FNS. The van der Waals surface area contributed by atoms with E-state index in [-0.39, 0.29) is 11.2 Å². The van der Waals surface area contributed by atoms with Gasteiger partial charge in [0.15, 0.2) is 0 Å². The van der Waals surface area contributed by atoms with Gasteiger partial charge in [0.1, 0.15) is 5.82 Å². The van der Waals surface area contributed by atoms with Crippen LogP contribution in [-0.4, -0.2) is 19.3 Å². The summed E-state index contributed by atoms with van der Waals surface area (Å²) in [6.07, 6.45) is 0. The van der Waals surface area contributed by atoms with Crippen LogP contribution in [0.25, 0.3) is 0 Å². The summed E-state index contributed by atoms with van der Waals surface area (Å²) in [5.41, 5.74) is 0.838. The zero-order valence-corrected chi connectivity index (χ0v) is 12.0. The molecule has 1 rings (SSSR count). The summed E-state index contributed by atoms with van der Waals surface area (Å²) in [4.78, 5) is 1.97. The van der Waals surface area contributed by atoms with Gasteiger partial charge >= 0.3 is 0 Å². The molecule has 0 aliphatic rings. The van der Waals surface area contributed by atoms with Crippen LogP contribution in [0.1, 0.15) is 20.8 Å². The fourth-order valence-corrected chi connectivity index (χ4v) is 2.46. The van der Waals surface area contributed by atoms with E-state index in [1.807, 2.05) is 24.1 Å². The summed E-state index contributed by atoms with van der Waals surface area (Å²) in [6, 6.07) is 6.89. The SMILES string of the molecule is CN(CC(CS)C(C)(C)C)c1ccccc1F. The molecule has 0 fully saturated rings. The van der Waals surface area contributed by atoms with Gasteiger partial charge in [-0.05, 0) is 29.2 Å². The van der Waals surface area contributed by atoms with Crippen molar-refractivity contribution in [2.45, 2.75) is 20.8 Å². The lowest BCUT2D eigenvalue weighted by Gasteiger charge is -2.34. The fourth-order valence-electron chi connectivity index (χ4n) is 1.80. The first-order chi connectivity index (χ1) is 7.86. The second-order valence-electron chi connectivity index (χ2n) is 5.58. The van der Waals surface area contributed by atoms with E-state index >= 15 is 0 Å². The highest BCUT2D eigenvalue weighted by atomic mass is 32.1. The first kappa shape index (κ1) is 14.4. The summed E-state index contributed by atoms with van der Waals surface area (Å²) in [5, 5.41) is 0. The molecule has 96 valence electrons. The molecule has 0 aliphatic carbocycles. The first-order valence-corrected chi connectivity index (χ1v) is 6.56. The average Bonchev–Trinajstić information content (AvgIpc) is 2.24. The lowest BCUT2D eigenvalue weighted by Crippen LogP contribution is -2.34. The Kier molecular flexibility index (Phi) is 4.87. The fraction of sp³-hybridized carbons (Fsp3) is 0.571. The van der Waals surface area contributed by atoms with Crippen LogP contribution in [0.3, 0.4) is 0 Å². The molecule has 17 heavy (non-hydrogen) atoms. The molecule has 1 unspecified atom stereocenters. The van der Waals surface area contributed by atoms with Gasteiger partial charge in [-0.25, -0.2) is 4.39 Å². The summed E-state index contributed by atoms with van der Waals surface area (Å²) in [5.74, 6) is 1.07. The molecule has 1 aromatic rings. The summed E-state index contributed by atoms with van der Waals surface area (Å²) in [6.45, 7) is 7.41. The van der Waals surface area contributed by atoms with Gasteiger partial charge in [0.05, 0.1) is 5.69 Å². The van der Waals surface area contributed by atoms with Crippen LogP contribution in [0.15, 0.2) is 24.3 Å². The van der Waals surface area contributed by atoms with Crippen molar-refractivity contribution in [3.63, 3.8) is 0 Å². The lowest BCUT2D eigenvalue weighted by molar-refractivity contribution is 0.271. The quantitative estimate of drug-likeness (QED) is 0.800. The standard InChI is InChI=1S/C14H22FNS/c1-14(2,3)11(10-17)9-16(4)13-8-6-5-7-12(13)15/h5-8,11,17H,9-10H2,1-4H3. The van der Waals surface area contributed by atoms with Crippen molar-refractivity contribution in [1.29, 1.82) is 0 Å². The summed E-state index contributed by atoms with van der Waals surface area (Å²) in [7, 11) is 1.93. The van der Waals surface area contributed by atoms with Crippen molar-refractivity contribution >= 4 is 18.3 Å². The number of benzene rings is 1. The van der Waals surface area contributed by atoms with Crippen molar-refractivity contribution in [2.75, 3.05) is 24.2 Å². The van der Waals surface area contributed by atoms with Gasteiger partial charge in [0.2, 0.25) is 0 Å². The number of halogens is 1. The topological polar surface area (TPSA) is 3.24 Å². The molecule has 0 bridgehead atoms. The Morgan fingerprint density at radius 1 is 1.29 bits per heavy atom. The normalized spacial score (nSPS) is 13.5. The number of hydrogen-bond donors (Lipinski definition) is 1. The second kappa shape index (κ2) is 5.76. The van der Waals surface area contributed by atoms with Crippen LogP contribution < -0.4 is 4.90 Å². The number of para-hydroxylation sites is 1. The van der Waals surface area contributed by atoms with Gasteiger partial charge in [0.25, 0.3) is 0 Å². The molecule has 1 nitrogen and oxygen atoms in total. The molecule has 0 saturated carbocycles. The zero-order chi connectivity index (χ0) is 13.1. The van der Waals surface area contributed by atoms with Crippen molar-refractivity contribution in [3.05, 3.63) is 30.1 Å². The third-order valence-corrected chi connectivity index (χ3v) is 3.64. The Morgan fingerprint density at radius 3 is 2.35 bits per heavy atom. The maximum Gasteiger partial charge on any atom is 0.146 e. The summed E-state index contributed by atoms with van der Waals surface area (Å²) < 4.78 is 13.6. The van der Waals surface area contributed by atoms with Gasteiger partial charge < -0.3 is 4.90 Å². The predicted molar refractivity (Wildman–Crippen MR) is 76.5 cm³/mol. The number of rotatable bonds is 4. The maximum absolute atomic E-state index is 13.6. The lowest BCUT2D eigenvalue weighted by atomic mass is 9.81. The van der Waals surface area contributed by atoms with Crippen molar-refractivity contribution in [1.82, 2.24) is 0 Å². The van der Waals surface area contributed by atoms with E-state index in [9.17, 15) is 4.39 Å². The van der Waals surface area contributed by atoms with Crippen LogP contribution in [0.5, 0.6) is 0 Å².